The Hall–Kier alpha value is -4.68. The van der Waals surface area contributed by atoms with Gasteiger partial charge < -0.3 is 0 Å². The van der Waals surface area contributed by atoms with E-state index in [9.17, 15) is 0 Å². The summed E-state index contributed by atoms with van der Waals surface area (Å²) in [6.45, 7) is 2.23. The maximum absolute atomic E-state index is 2.34. The third kappa shape index (κ3) is 4.19. The lowest BCUT2D eigenvalue weighted by molar-refractivity contribution is 0.977. The number of benzene rings is 6. The van der Waals surface area contributed by atoms with Crippen LogP contribution in [0.2, 0.25) is 0 Å². The minimum atomic E-state index is 1.11. The van der Waals surface area contributed by atoms with Crippen molar-refractivity contribution in [2.75, 3.05) is 0 Å². The lowest BCUT2D eigenvalue weighted by atomic mass is 9.84. The van der Waals surface area contributed by atoms with Crippen LogP contribution in [0.15, 0.2) is 145 Å². The number of hydrogen-bond acceptors (Lipinski definition) is 0. The molecule has 0 spiro atoms. The quantitative estimate of drug-likeness (QED) is 0.213. The highest BCUT2D eigenvalue weighted by molar-refractivity contribution is 6.23. The summed E-state index contributed by atoms with van der Waals surface area (Å²) in [7, 11) is 0. The van der Waals surface area contributed by atoms with Gasteiger partial charge in [-0.05, 0) is 85.5 Å². The second-order valence-electron chi connectivity index (χ2n) is 10.5. The lowest BCUT2D eigenvalue weighted by Gasteiger charge is -2.19. The van der Waals surface area contributed by atoms with E-state index in [1.807, 2.05) is 0 Å². The summed E-state index contributed by atoms with van der Waals surface area (Å²) >= 11 is 0. The highest BCUT2D eigenvalue weighted by atomic mass is 14.2. The van der Waals surface area contributed by atoms with Crippen LogP contribution < -0.4 is 0 Å². The highest BCUT2D eigenvalue weighted by Crippen LogP contribution is 2.45. The van der Waals surface area contributed by atoms with Crippen LogP contribution in [-0.2, 0) is 0 Å². The van der Waals surface area contributed by atoms with Crippen molar-refractivity contribution in [2.24, 2.45) is 0 Å². The first-order chi connectivity index (χ1) is 19.3. The van der Waals surface area contributed by atoms with Crippen LogP contribution in [0.4, 0.5) is 0 Å². The van der Waals surface area contributed by atoms with E-state index < -0.39 is 0 Å². The molecule has 0 radical (unpaired) electrons. The molecule has 0 heterocycles. The molecule has 0 nitrogen and oxygen atoms in total. The van der Waals surface area contributed by atoms with Gasteiger partial charge in [0.1, 0.15) is 0 Å². The molecule has 39 heavy (non-hydrogen) atoms. The maximum Gasteiger partial charge on any atom is -0.00201 e. The molecule has 0 bridgehead atoms. The first-order valence-electron chi connectivity index (χ1n) is 13.8. The molecular weight excluding hydrogens is 468 g/mol. The van der Waals surface area contributed by atoms with Gasteiger partial charge in [-0.2, -0.15) is 0 Å². The van der Waals surface area contributed by atoms with Crippen molar-refractivity contribution < 1.29 is 0 Å². The molecule has 0 atom stereocenters. The number of allylic oxidation sites excluding steroid dienone is 6. The predicted molar refractivity (Wildman–Crippen MR) is 170 cm³/mol. The second-order valence-corrected chi connectivity index (χ2v) is 10.5. The van der Waals surface area contributed by atoms with Gasteiger partial charge in [0.15, 0.2) is 0 Å². The van der Waals surface area contributed by atoms with Gasteiger partial charge in [0, 0.05) is 0 Å². The molecule has 0 N–H and O–H groups in total. The summed E-state index contributed by atoms with van der Waals surface area (Å²) in [5.74, 6) is 0. The number of hydrogen-bond donors (Lipinski definition) is 0. The van der Waals surface area contributed by atoms with E-state index in [1.165, 1.54) is 71.3 Å². The molecule has 6 aromatic carbocycles. The fourth-order valence-corrected chi connectivity index (χ4v) is 6.15. The fraction of sp³-hybridized carbons (Fsp3) is 0.0769. The van der Waals surface area contributed by atoms with Gasteiger partial charge in [0.25, 0.3) is 0 Å². The molecule has 0 saturated heterocycles. The van der Waals surface area contributed by atoms with Crippen LogP contribution in [0.1, 0.15) is 25.3 Å². The Morgan fingerprint density at radius 1 is 0.513 bits per heavy atom. The Kier molecular flexibility index (Phi) is 5.94. The molecule has 0 heteroatoms. The Labute approximate surface area is 230 Å². The molecule has 0 saturated carbocycles. The highest BCUT2D eigenvalue weighted by Gasteiger charge is 2.17. The Balaban J connectivity index is 1.48. The van der Waals surface area contributed by atoms with E-state index in [0.29, 0.717) is 0 Å². The van der Waals surface area contributed by atoms with Crippen molar-refractivity contribution in [3.05, 3.63) is 151 Å². The van der Waals surface area contributed by atoms with Crippen molar-refractivity contribution in [3.63, 3.8) is 0 Å². The molecule has 0 unspecified atom stereocenters. The van der Waals surface area contributed by atoms with Crippen molar-refractivity contribution >= 4 is 37.9 Å². The van der Waals surface area contributed by atoms with Crippen molar-refractivity contribution in [2.45, 2.75) is 19.8 Å². The summed E-state index contributed by atoms with van der Waals surface area (Å²) in [4.78, 5) is 0. The summed E-state index contributed by atoms with van der Waals surface area (Å²) < 4.78 is 0. The Morgan fingerprint density at radius 3 is 1.77 bits per heavy atom. The molecule has 1 aliphatic carbocycles. The zero-order chi connectivity index (χ0) is 26.2. The minimum Gasteiger partial charge on any atom is -0.0842 e. The molecule has 0 aromatic heterocycles. The zero-order valence-electron chi connectivity index (χ0n) is 22.2. The average Bonchev–Trinajstić information content (AvgIpc) is 2.97. The van der Waals surface area contributed by atoms with E-state index >= 15 is 0 Å². The first kappa shape index (κ1) is 23.4. The van der Waals surface area contributed by atoms with Gasteiger partial charge in [-0.3, -0.25) is 0 Å². The van der Waals surface area contributed by atoms with Gasteiger partial charge in [-0.1, -0.05) is 145 Å². The summed E-state index contributed by atoms with van der Waals surface area (Å²) in [5.41, 5.74) is 9.10. The SMILES string of the molecule is C\C1=C/C(c2ccc(-c3c4ccccc4c(-c4cccc5ccccc45)c4ccccc34)cc2)=C\C=C/CC1. The second kappa shape index (κ2) is 9.89. The molecule has 0 fully saturated rings. The zero-order valence-corrected chi connectivity index (χ0v) is 22.2. The van der Waals surface area contributed by atoms with Crippen LogP contribution in [0.25, 0.3) is 60.1 Å². The molecule has 6 aromatic rings. The number of rotatable bonds is 3. The Bertz CT molecular complexity index is 1880. The van der Waals surface area contributed by atoms with Gasteiger partial charge >= 0.3 is 0 Å². The Morgan fingerprint density at radius 2 is 1.08 bits per heavy atom. The average molecular weight is 499 g/mol. The van der Waals surface area contributed by atoms with Crippen LogP contribution in [-0.4, -0.2) is 0 Å². The van der Waals surface area contributed by atoms with Crippen LogP contribution in [0.3, 0.4) is 0 Å². The number of fused-ring (bicyclic) bond motifs is 3. The van der Waals surface area contributed by atoms with Gasteiger partial charge in [0.05, 0.1) is 0 Å². The van der Waals surface area contributed by atoms with Crippen molar-refractivity contribution in [1.82, 2.24) is 0 Å². The standard InChI is InChI=1S/C39H30/c1-27-12-3-2-4-14-31(26-27)28-22-24-30(25-23-28)38-34-17-7-9-19-36(34)39(37-20-10-8-18-35(37)38)33-21-11-15-29-13-5-6-16-32(29)33/h2,4-11,13-26H,3,12H2,1H3/b4-2-,27-26+,31-14+. The summed E-state index contributed by atoms with van der Waals surface area (Å²) in [6.07, 6.45) is 11.3. The van der Waals surface area contributed by atoms with E-state index in [1.54, 1.807) is 0 Å². The van der Waals surface area contributed by atoms with Gasteiger partial charge in [-0.25, -0.2) is 0 Å². The third-order valence-corrected chi connectivity index (χ3v) is 8.02. The van der Waals surface area contributed by atoms with E-state index in [2.05, 4.69) is 146 Å². The lowest BCUT2D eigenvalue weighted by Crippen LogP contribution is -1.92. The predicted octanol–water partition coefficient (Wildman–Crippen LogP) is 11.2. The van der Waals surface area contributed by atoms with E-state index in [-0.39, 0.29) is 0 Å². The molecule has 1 aliphatic rings. The van der Waals surface area contributed by atoms with Crippen LogP contribution >= 0.6 is 0 Å². The summed E-state index contributed by atoms with van der Waals surface area (Å²) in [5, 5.41) is 7.71. The smallest absolute Gasteiger partial charge is 0.00201 e. The van der Waals surface area contributed by atoms with Gasteiger partial charge in [-0.15, -0.1) is 0 Å². The molecule has 0 amide bonds. The van der Waals surface area contributed by atoms with Crippen molar-refractivity contribution in [3.8, 4) is 22.3 Å². The third-order valence-electron chi connectivity index (χ3n) is 8.02. The topological polar surface area (TPSA) is 0 Å². The largest absolute Gasteiger partial charge is 0.0842 e. The molecule has 0 aliphatic heterocycles. The normalized spacial score (nSPS) is 17.3. The first-order valence-corrected chi connectivity index (χ1v) is 13.8. The summed E-state index contributed by atoms with van der Waals surface area (Å²) in [6, 6.07) is 42.4. The van der Waals surface area contributed by atoms with Crippen molar-refractivity contribution in [1.29, 1.82) is 0 Å². The van der Waals surface area contributed by atoms with Crippen LogP contribution in [0, 0.1) is 0 Å². The van der Waals surface area contributed by atoms with E-state index in [4.69, 9.17) is 0 Å². The monoisotopic (exact) mass is 498 g/mol. The molecular formula is C39H30. The molecule has 186 valence electrons. The minimum absolute atomic E-state index is 1.11. The van der Waals surface area contributed by atoms with Crippen LogP contribution in [0.5, 0.6) is 0 Å². The van der Waals surface area contributed by atoms with Gasteiger partial charge in [0.2, 0.25) is 0 Å². The maximum atomic E-state index is 2.34. The fourth-order valence-electron chi connectivity index (χ4n) is 6.15. The molecule has 7 rings (SSSR count). The van der Waals surface area contributed by atoms with E-state index in [0.717, 1.165) is 12.8 Å².